The van der Waals surface area contributed by atoms with Crippen molar-refractivity contribution in [2.75, 3.05) is 75.5 Å². The Balaban J connectivity index is 1.49. The van der Waals surface area contributed by atoms with Crippen LogP contribution in [0.5, 0.6) is 0 Å². The van der Waals surface area contributed by atoms with E-state index in [1.807, 2.05) is 0 Å². The van der Waals surface area contributed by atoms with Crippen molar-refractivity contribution in [1.29, 1.82) is 0 Å². The number of nitrogens with zero attached hydrogens (tertiary/aromatic N) is 4. The van der Waals surface area contributed by atoms with E-state index in [0.29, 0.717) is 38.8 Å². The molecule has 0 atom stereocenters. The summed E-state index contributed by atoms with van der Waals surface area (Å²) in [6.45, 7) is 4.65. The van der Waals surface area contributed by atoms with Gasteiger partial charge in [0.1, 0.15) is 19.7 Å². The van der Waals surface area contributed by atoms with Crippen molar-refractivity contribution < 1.29 is 27.0 Å². The maximum absolute atomic E-state index is 12.3. The van der Waals surface area contributed by atoms with Crippen LogP contribution < -0.4 is 0 Å². The number of hydrogen-bond donors (Lipinski definition) is 2. The lowest BCUT2D eigenvalue weighted by molar-refractivity contribution is 0.254. The van der Waals surface area contributed by atoms with Gasteiger partial charge in [-0.3, -0.25) is 9.98 Å². The van der Waals surface area contributed by atoms with E-state index < -0.39 is 19.7 Å². The summed E-state index contributed by atoms with van der Waals surface area (Å²) in [6.07, 6.45) is 7.00. The van der Waals surface area contributed by atoms with Crippen LogP contribution in [0.2, 0.25) is 0 Å². The Labute approximate surface area is 217 Å². The summed E-state index contributed by atoms with van der Waals surface area (Å²) in [7, 11) is -6.32. The first-order chi connectivity index (χ1) is 17.3. The zero-order chi connectivity index (χ0) is 26.3. The Hall–Kier alpha value is -1.24. The smallest absolute Gasteiger partial charge is 0.150 e. The minimum Gasteiger partial charge on any atom is -0.395 e. The molecule has 0 aliphatic carbocycles. The zero-order valence-electron chi connectivity index (χ0n) is 21.7. The van der Waals surface area contributed by atoms with Gasteiger partial charge in [0.05, 0.1) is 61.0 Å². The molecular formula is C24H46N4O6S2. The maximum Gasteiger partial charge on any atom is 0.150 e. The summed E-state index contributed by atoms with van der Waals surface area (Å²) in [6, 6.07) is 0. The van der Waals surface area contributed by atoms with Crippen LogP contribution in [0.3, 0.4) is 0 Å². The summed E-state index contributed by atoms with van der Waals surface area (Å²) < 4.78 is 49.2. The average Bonchev–Trinajstić information content (AvgIpc) is 3.46. The number of aliphatic imine (C=N–C) groups is 2. The fourth-order valence-electron chi connectivity index (χ4n) is 4.67. The van der Waals surface area contributed by atoms with Gasteiger partial charge in [0, 0.05) is 39.0 Å². The number of β-amino-alcohol motifs (C(OH)–C–C–N with tert-alkyl or cyclic N) is 2. The molecular weight excluding hydrogens is 504 g/mol. The maximum atomic E-state index is 12.3. The molecule has 0 fully saturated rings. The molecule has 36 heavy (non-hydrogen) atoms. The second kappa shape index (κ2) is 16.6. The molecule has 2 N–H and O–H groups in total. The molecule has 210 valence electrons. The average molecular weight is 551 g/mol. The molecule has 0 bridgehead atoms. The van der Waals surface area contributed by atoms with Crippen molar-refractivity contribution in [3.8, 4) is 0 Å². The highest BCUT2D eigenvalue weighted by Crippen LogP contribution is 2.13. The molecule has 0 aromatic carbocycles. The predicted octanol–water partition coefficient (Wildman–Crippen LogP) is 1.13. The van der Waals surface area contributed by atoms with Crippen LogP contribution in [0, 0.1) is 0 Å². The fourth-order valence-corrected chi connectivity index (χ4v) is 7.65. The van der Waals surface area contributed by atoms with Crippen LogP contribution in [-0.4, -0.2) is 124 Å². The zero-order valence-corrected chi connectivity index (χ0v) is 23.3. The van der Waals surface area contributed by atoms with E-state index in [9.17, 15) is 16.8 Å². The number of rotatable bonds is 21. The van der Waals surface area contributed by atoms with Gasteiger partial charge in [-0.1, -0.05) is 12.8 Å². The third kappa shape index (κ3) is 12.3. The molecule has 0 aromatic heterocycles. The predicted molar refractivity (Wildman–Crippen MR) is 145 cm³/mol. The molecule has 0 aromatic rings. The van der Waals surface area contributed by atoms with Crippen molar-refractivity contribution >= 4 is 31.3 Å². The molecule has 0 radical (unpaired) electrons. The van der Waals surface area contributed by atoms with Gasteiger partial charge in [-0.05, 0) is 38.5 Å². The first-order valence-corrected chi connectivity index (χ1v) is 17.1. The van der Waals surface area contributed by atoms with Crippen molar-refractivity contribution in [2.24, 2.45) is 9.98 Å². The summed E-state index contributed by atoms with van der Waals surface area (Å²) in [5.74, 6) is 2.42. The third-order valence-corrected chi connectivity index (χ3v) is 10.3. The van der Waals surface area contributed by atoms with Gasteiger partial charge in [0.15, 0.2) is 0 Å². The van der Waals surface area contributed by atoms with Gasteiger partial charge in [-0.2, -0.15) is 0 Å². The van der Waals surface area contributed by atoms with Crippen LogP contribution in [0.4, 0.5) is 0 Å². The van der Waals surface area contributed by atoms with Crippen LogP contribution in [-0.2, 0) is 19.7 Å². The van der Waals surface area contributed by atoms with Gasteiger partial charge >= 0.3 is 0 Å². The quantitative estimate of drug-likeness (QED) is 0.203. The van der Waals surface area contributed by atoms with Crippen molar-refractivity contribution in [3.05, 3.63) is 0 Å². The lowest BCUT2D eigenvalue weighted by atomic mass is 10.2. The number of amidine groups is 2. The van der Waals surface area contributed by atoms with Gasteiger partial charge in [0.2, 0.25) is 0 Å². The Morgan fingerprint density at radius 3 is 1.31 bits per heavy atom. The molecule has 2 heterocycles. The second-order valence-corrected chi connectivity index (χ2v) is 14.3. The Bertz CT molecular complexity index is 832. The first-order valence-electron chi connectivity index (χ1n) is 13.5. The van der Waals surface area contributed by atoms with Gasteiger partial charge < -0.3 is 20.0 Å². The van der Waals surface area contributed by atoms with E-state index in [2.05, 4.69) is 19.8 Å². The SMILES string of the molecule is O=S(=O)(CCCCCC1=NCCN1CCO)CCCCS(=O)(=O)CCCCCC1=NCCN1CCO. The minimum absolute atomic E-state index is 0.0476. The van der Waals surface area contributed by atoms with Crippen molar-refractivity contribution in [3.63, 3.8) is 0 Å². The third-order valence-electron chi connectivity index (χ3n) is 6.67. The lowest BCUT2D eigenvalue weighted by Crippen LogP contribution is -2.30. The molecule has 0 saturated heterocycles. The normalized spacial score (nSPS) is 16.6. The number of aliphatic hydroxyl groups is 2. The Morgan fingerprint density at radius 1 is 0.583 bits per heavy atom. The van der Waals surface area contributed by atoms with E-state index in [1.165, 1.54) is 0 Å². The van der Waals surface area contributed by atoms with Crippen molar-refractivity contribution in [2.45, 2.75) is 64.2 Å². The van der Waals surface area contributed by atoms with E-state index in [-0.39, 0.29) is 36.2 Å². The van der Waals surface area contributed by atoms with Gasteiger partial charge in [0.25, 0.3) is 0 Å². The lowest BCUT2D eigenvalue weighted by Gasteiger charge is -2.18. The molecule has 2 rings (SSSR count). The minimum atomic E-state index is -3.16. The van der Waals surface area contributed by atoms with Crippen molar-refractivity contribution in [1.82, 2.24) is 9.80 Å². The standard InChI is InChI=1S/C24H46N4O6S2/c29-17-15-27-13-11-25-23(27)9-3-1-5-19-35(31,32)21-7-8-22-36(33,34)20-6-2-4-10-24-26-12-14-28(24)16-18-30/h29-30H,1-22H2. The molecule has 2 aliphatic heterocycles. The second-order valence-electron chi connectivity index (χ2n) is 9.65. The summed E-state index contributed by atoms with van der Waals surface area (Å²) in [5, 5.41) is 18.2. The van der Waals surface area contributed by atoms with Gasteiger partial charge in [-0.15, -0.1) is 0 Å². The Morgan fingerprint density at radius 2 is 0.944 bits per heavy atom. The highest BCUT2D eigenvalue weighted by molar-refractivity contribution is 7.91. The number of sulfone groups is 2. The summed E-state index contributed by atoms with van der Waals surface area (Å²) in [5.41, 5.74) is 0. The van der Waals surface area contributed by atoms with Crippen LogP contribution in [0.1, 0.15) is 64.2 Å². The van der Waals surface area contributed by atoms with E-state index in [0.717, 1.165) is 76.4 Å². The molecule has 0 amide bonds. The highest BCUT2D eigenvalue weighted by Gasteiger charge is 2.18. The Kier molecular flexibility index (Phi) is 14.3. The van der Waals surface area contributed by atoms with Gasteiger partial charge in [-0.25, -0.2) is 16.8 Å². The fraction of sp³-hybridized carbons (Fsp3) is 0.917. The van der Waals surface area contributed by atoms with Crippen LogP contribution in [0.15, 0.2) is 9.98 Å². The van der Waals surface area contributed by atoms with Crippen LogP contribution >= 0.6 is 0 Å². The highest BCUT2D eigenvalue weighted by atomic mass is 32.2. The molecule has 0 spiro atoms. The summed E-state index contributed by atoms with van der Waals surface area (Å²) >= 11 is 0. The van der Waals surface area contributed by atoms with E-state index >= 15 is 0 Å². The molecule has 2 aliphatic rings. The molecule has 12 heteroatoms. The number of aliphatic hydroxyl groups excluding tert-OH is 2. The van der Waals surface area contributed by atoms with Crippen LogP contribution in [0.25, 0.3) is 0 Å². The number of unbranched alkanes of at least 4 members (excludes halogenated alkanes) is 5. The first kappa shape index (κ1) is 31.0. The molecule has 0 saturated carbocycles. The largest absolute Gasteiger partial charge is 0.395 e. The molecule has 10 nitrogen and oxygen atoms in total. The molecule has 0 unspecified atom stereocenters. The van der Waals surface area contributed by atoms with E-state index in [1.54, 1.807) is 0 Å². The number of hydrogen-bond acceptors (Lipinski definition) is 10. The summed E-state index contributed by atoms with van der Waals surface area (Å²) in [4.78, 5) is 13.1. The topological polar surface area (TPSA) is 140 Å². The van der Waals surface area contributed by atoms with E-state index in [4.69, 9.17) is 10.2 Å². The monoisotopic (exact) mass is 550 g/mol.